The summed E-state index contributed by atoms with van der Waals surface area (Å²) in [7, 11) is 0. The minimum Gasteiger partial charge on any atom is -0.266 e. The van der Waals surface area contributed by atoms with Gasteiger partial charge in [-0.1, -0.05) is 59.9 Å². The predicted octanol–water partition coefficient (Wildman–Crippen LogP) is 4.08. The van der Waals surface area contributed by atoms with Crippen molar-refractivity contribution in [2.75, 3.05) is 0 Å². The zero-order chi connectivity index (χ0) is 18.2. The minimum atomic E-state index is -0.133. The molecule has 0 radical (unpaired) electrons. The molecule has 5 rings (SSSR count). The predicted molar refractivity (Wildman–Crippen MR) is 113 cm³/mol. The van der Waals surface area contributed by atoms with Crippen LogP contribution in [0.2, 0.25) is 0 Å². The zero-order valence-electron chi connectivity index (χ0n) is 14.1. The Morgan fingerprint density at radius 3 is 2.70 bits per heavy atom. The second-order valence-corrected chi connectivity index (χ2v) is 7.99. The van der Waals surface area contributed by atoms with Gasteiger partial charge in [0.05, 0.1) is 4.53 Å². The number of fused-ring (bicyclic) bond motifs is 2. The Morgan fingerprint density at radius 2 is 1.85 bits per heavy atom. The summed E-state index contributed by atoms with van der Waals surface area (Å²) in [5.74, 6) is 0.545. The van der Waals surface area contributed by atoms with Crippen LogP contribution in [0, 0.1) is 0 Å². The van der Waals surface area contributed by atoms with E-state index in [1.807, 2.05) is 60.0 Å². The van der Waals surface area contributed by atoms with Crippen molar-refractivity contribution in [1.29, 1.82) is 0 Å². The van der Waals surface area contributed by atoms with Crippen molar-refractivity contribution < 1.29 is 0 Å². The first-order valence-corrected chi connectivity index (χ1v) is 10.1. The SMILES string of the molecule is O=c1/c(=C\c2cccc3ccccc23)sc2nc(/C=C/c3cccs3)nn12. The summed E-state index contributed by atoms with van der Waals surface area (Å²) in [6, 6.07) is 18.3. The molecule has 2 aromatic carbocycles. The molecule has 3 aromatic heterocycles. The zero-order valence-corrected chi connectivity index (χ0v) is 15.7. The molecule has 5 aromatic rings. The van der Waals surface area contributed by atoms with Gasteiger partial charge in [-0.05, 0) is 46.0 Å². The Bertz CT molecular complexity index is 1390. The van der Waals surface area contributed by atoms with Crippen molar-refractivity contribution >= 4 is 56.6 Å². The quantitative estimate of drug-likeness (QED) is 0.469. The van der Waals surface area contributed by atoms with Crippen LogP contribution < -0.4 is 10.1 Å². The number of benzene rings is 2. The van der Waals surface area contributed by atoms with E-state index in [-0.39, 0.29) is 5.56 Å². The second-order valence-electron chi connectivity index (χ2n) is 6.00. The maximum Gasteiger partial charge on any atom is 0.291 e. The summed E-state index contributed by atoms with van der Waals surface area (Å²) in [6.45, 7) is 0. The molecule has 0 amide bonds. The second kappa shape index (κ2) is 6.57. The van der Waals surface area contributed by atoms with Crippen molar-refractivity contribution in [3.8, 4) is 0 Å². The molecule has 0 aliphatic heterocycles. The number of rotatable bonds is 3. The van der Waals surface area contributed by atoms with Gasteiger partial charge in [0.1, 0.15) is 0 Å². The van der Waals surface area contributed by atoms with Crippen LogP contribution in [0.4, 0.5) is 0 Å². The monoisotopic (exact) mass is 387 g/mol. The van der Waals surface area contributed by atoms with E-state index in [4.69, 9.17) is 0 Å². The van der Waals surface area contributed by atoms with Gasteiger partial charge in [0.15, 0.2) is 5.82 Å². The Morgan fingerprint density at radius 1 is 0.963 bits per heavy atom. The molecule has 6 heteroatoms. The third kappa shape index (κ3) is 2.99. The van der Waals surface area contributed by atoms with Gasteiger partial charge in [0, 0.05) is 4.88 Å². The first-order valence-electron chi connectivity index (χ1n) is 8.38. The summed E-state index contributed by atoms with van der Waals surface area (Å²) < 4.78 is 2.02. The molecule has 0 N–H and O–H groups in total. The number of hydrogen-bond donors (Lipinski definition) is 0. The third-order valence-corrected chi connectivity index (χ3v) is 6.04. The summed E-state index contributed by atoms with van der Waals surface area (Å²) in [4.78, 5) is 18.9. The molecule has 0 unspecified atom stereocenters. The fourth-order valence-corrected chi connectivity index (χ4v) is 4.50. The van der Waals surface area contributed by atoms with Crippen molar-refractivity contribution in [3.63, 3.8) is 0 Å². The van der Waals surface area contributed by atoms with Crippen LogP contribution in [-0.4, -0.2) is 14.6 Å². The van der Waals surface area contributed by atoms with Crippen LogP contribution in [-0.2, 0) is 0 Å². The van der Waals surface area contributed by atoms with E-state index in [1.165, 1.54) is 15.9 Å². The normalized spacial score (nSPS) is 12.7. The highest BCUT2D eigenvalue weighted by atomic mass is 32.1. The van der Waals surface area contributed by atoms with Crippen molar-refractivity contribution in [2.45, 2.75) is 0 Å². The van der Waals surface area contributed by atoms with Crippen LogP contribution in [0.15, 0.2) is 64.8 Å². The molecule has 0 atom stereocenters. The molecule has 0 spiro atoms. The maximum absolute atomic E-state index is 12.7. The molecular weight excluding hydrogens is 374 g/mol. The standard InChI is InChI=1S/C21H13N3OS2/c25-20-18(13-15-7-3-6-14-5-1-2-9-17(14)15)27-21-22-19(23-24(20)21)11-10-16-8-4-12-26-16/h1-13H/b11-10+,18-13+. The molecule has 0 saturated carbocycles. The van der Waals surface area contributed by atoms with Gasteiger partial charge < -0.3 is 0 Å². The molecular formula is C21H13N3OS2. The summed E-state index contributed by atoms with van der Waals surface area (Å²) in [5, 5.41) is 8.63. The summed E-state index contributed by atoms with van der Waals surface area (Å²) in [6.07, 6.45) is 5.71. The van der Waals surface area contributed by atoms with E-state index in [0.29, 0.717) is 15.3 Å². The number of thiazole rings is 1. The summed E-state index contributed by atoms with van der Waals surface area (Å²) in [5.41, 5.74) is 0.888. The number of nitrogens with zero attached hydrogens (tertiary/aromatic N) is 3. The van der Waals surface area contributed by atoms with Crippen molar-refractivity contribution in [2.24, 2.45) is 0 Å². The Labute approximate surface area is 162 Å². The van der Waals surface area contributed by atoms with Crippen LogP contribution in [0.3, 0.4) is 0 Å². The lowest BCUT2D eigenvalue weighted by Gasteiger charge is -2.00. The first-order chi connectivity index (χ1) is 13.3. The average molecular weight is 387 g/mol. The number of aromatic nitrogens is 3. The van der Waals surface area contributed by atoms with E-state index in [1.54, 1.807) is 11.3 Å². The highest BCUT2D eigenvalue weighted by Gasteiger charge is 2.09. The summed E-state index contributed by atoms with van der Waals surface area (Å²) >= 11 is 3.01. The topological polar surface area (TPSA) is 47.3 Å². The van der Waals surface area contributed by atoms with E-state index in [9.17, 15) is 4.79 Å². The maximum atomic E-state index is 12.7. The van der Waals surface area contributed by atoms with Gasteiger partial charge in [-0.25, -0.2) is 0 Å². The molecule has 4 nitrogen and oxygen atoms in total. The van der Waals surface area contributed by atoms with Gasteiger partial charge in [-0.3, -0.25) is 4.79 Å². The molecule has 0 bridgehead atoms. The lowest BCUT2D eigenvalue weighted by atomic mass is 10.0. The molecule has 27 heavy (non-hydrogen) atoms. The van der Waals surface area contributed by atoms with Crippen molar-refractivity contribution in [3.05, 3.63) is 91.1 Å². The number of hydrogen-bond acceptors (Lipinski definition) is 5. The highest BCUT2D eigenvalue weighted by Crippen LogP contribution is 2.19. The average Bonchev–Trinajstić information content (AvgIpc) is 3.40. The van der Waals surface area contributed by atoms with Gasteiger partial charge in [-0.15, -0.1) is 16.4 Å². The van der Waals surface area contributed by atoms with Crippen LogP contribution >= 0.6 is 22.7 Å². The molecule has 0 aliphatic carbocycles. The van der Waals surface area contributed by atoms with Crippen LogP contribution in [0.1, 0.15) is 16.3 Å². The van der Waals surface area contributed by atoms with E-state index >= 15 is 0 Å². The molecule has 0 aliphatic rings. The van der Waals surface area contributed by atoms with E-state index < -0.39 is 0 Å². The largest absolute Gasteiger partial charge is 0.291 e. The molecule has 0 saturated heterocycles. The lowest BCUT2D eigenvalue weighted by Crippen LogP contribution is -2.23. The Balaban J connectivity index is 1.58. The van der Waals surface area contributed by atoms with Crippen LogP contribution in [0.25, 0.3) is 34.0 Å². The number of thiophene rings is 1. The van der Waals surface area contributed by atoms with E-state index in [2.05, 4.69) is 28.3 Å². The molecule has 130 valence electrons. The minimum absolute atomic E-state index is 0.133. The van der Waals surface area contributed by atoms with Crippen molar-refractivity contribution in [1.82, 2.24) is 14.6 Å². The van der Waals surface area contributed by atoms with E-state index in [0.717, 1.165) is 21.2 Å². The van der Waals surface area contributed by atoms with Gasteiger partial charge in [0.2, 0.25) is 4.96 Å². The fourth-order valence-electron chi connectivity index (χ4n) is 2.98. The third-order valence-electron chi connectivity index (χ3n) is 4.25. The van der Waals surface area contributed by atoms with Gasteiger partial charge in [-0.2, -0.15) is 9.50 Å². The van der Waals surface area contributed by atoms with Crippen LogP contribution in [0.5, 0.6) is 0 Å². The molecule has 0 fully saturated rings. The van der Waals surface area contributed by atoms with Gasteiger partial charge >= 0.3 is 0 Å². The lowest BCUT2D eigenvalue weighted by molar-refractivity contribution is 0.925. The smallest absolute Gasteiger partial charge is 0.266 e. The Hall–Kier alpha value is -3.09. The first kappa shape index (κ1) is 16.1. The highest BCUT2D eigenvalue weighted by molar-refractivity contribution is 7.15. The molecule has 3 heterocycles. The van der Waals surface area contributed by atoms with Gasteiger partial charge in [0.25, 0.3) is 5.56 Å². The Kier molecular flexibility index (Phi) is 3.92. The fraction of sp³-hybridized carbons (Fsp3) is 0.